The van der Waals surface area contributed by atoms with Gasteiger partial charge in [0, 0.05) is 0 Å². The predicted molar refractivity (Wildman–Crippen MR) is 67.7 cm³/mol. The molecule has 0 saturated heterocycles. The van der Waals surface area contributed by atoms with Crippen LogP contribution in [0.25, 0.3) is 0 Å². The van der Waals surface area contributed by atoms with E-state index in [9.17, 15) is 0 Å². The van der Waals surface area contributed by atoms with Crippen molar-refractivity contribution in [1.29, 1.82) is 5.26 Å². The quantitative estimate of drug-likeness (QED) is 0.790. The lowest BCUT2D eigenvalue weighted by atomic mass is 10.2. The molecule has 0 spiro atoms. The number of hydrogen-bond donors (Lipinski definition) is 0. The van der Waals surface area contributed by atoms with Crippen LogP contribution in [0.5, 0.6) is 11.5 Å². The summed E-state index contributed by atoms with van der Waals surface area (Å²) in [5, 5.41) is 9.68. The van der Waals surface area contributed by atoms with Crippen molar-refractivity contribution in [2.24, 2.45) is 0 Å². The smallest absolute Gasteiger partial charge is 0.147 e. The van der Waals surface area contributed by atoms with E-state index < -0.39 is 0 Å². The van der Waals surface area contributed by atoms with E-state index in [0.29, 0.717) is 27.1 Å². The van der Waals surface area contributed by atoms with Gasteiger partial charge in [0.1, 0.15) is 22.6 Å². The fourth-order valence-electron chi connectivity index (χ4n) is 1.33. The molecule has 0 aliphatic rings. The van der Waals surface area contributed by atoms with Crippen LogP contribution in [0.2, 0.25) is 10.0 Å². The summed E-state index contributed by atoms with van der Waals surface area (Å²) in [5.74, 6) is 0.890. The lowest BCUT2D eigenvalue weighted by Gasteiger charge is -2.09. The van der Waals surface area contributed by atoms with Gasteiger partial charge in [-0.1, -0.05) is 41.4 Å². The topological polar surface area (TPSA) is 33.0 Å². The highest BCUT2D eigenvalue weighted by atomic mass is 35.5. The summed E-state index contributed by atoms with van der Waals surface area (Å²) in [7, 11) is 0. The molecule has 0 heterocycles. The van der Waals surface area contributed by atoms with Crippen molar-refractivity contribution in [2.45, 2.75) is 0 Å². The summed E-state index contributed by atoms with van der Waals surface area (Å²) in [5.41, 5.74) is 0.448. The molecule has 0 amide bonds. The molecule has 0 bridgehead atoms. The third-order valence-electron chi connectivity index (χ3n) is 2.14. The largest absolute Gasteiger partial charge is 0.454 e. The van der Waals surface area contributed by atoms with Crippen molar-refractivity contribution >= 4 is 23.2 Å². The van der Waals surface area contributed by atoms with Crippen LogP contribution in [0, 0.1) is 11.3 Å². The van der Waals surface area contributed by atoms with Crippen molar-refractivity contribution in [3.63, 3.8) is 0 Å². The molecule has 0 radical (unpaired) electrons. The molecule has 2 aromatic rings. The molecular weight excluding hydrogens is 257 g/mol. The first kappa shape index (κ1) is 11.8. The zero-order valence-corrected chi connectivity index (χ0v) is 10.2. The molecule has 2 nitrogen and oxygen atoms in total. The van der Waals surface area contributed by atoms with Gasteiger partial charge in [-0.25, -0.2) is 0 Å². The monoisotopic (exact) mass is 263 g/mol. The molecule has 0 atom stereocenters. The first-order chi connectivity index (χ1) is 8.22. The summed E-state index contributed by atoms with van der Waals surface area (Å²) in [6.07, 6.45) is 0. The molecule has 0 unspecified atom stereocenters. The second kappa shape index (κ2) is 5.09. The minimum absolute atomic E-state index is 0.335. The van der Waals surface area contributed by atoms with Crippen molar-refractivity contribution in [3.8, 4) is 17.6 Å². The van der Waals surface area contributed by atoms with Gasteiger partial charge in [0.05, 0.1) is 10.6 Å². The van der Waals surface area contributed by atoms with Gasteiger partial charge in [0.15, 0.2) is 0 Å². The zero-order valence-electron chi connectivity index (χ0n) is 8.65. The van der Waals surface area contributed by atoms with E-state index in [1.54, 1.807) is 42.5 Å². The normalized spacial score (nSPS) is 9.71. The highest BCUT2D eigenvalue weighted by Crippen LogP contribution is 2.35. The van der Waals surface area contributed by atoms with Gasteiger partial charge in [-0.2, -0.15) is 5.26 Å². The summed E-state index contributed by atoms with van der Waals surface area (Å²) < 4.78 is 5.57. The molecule has 0 fully saturated rings. The number of nitriles is 1. The Balaban J connectivity index is 2.39. The van der Waals surface area contributed by atoms with Crippen molar-refractivity contribution in [2.75, 3.05) is 0 Å². The number of para-hydroxylation sites is 1. The molecule has 2 aromatic carbocycles. The van der Waals surface area contributed by atoms with Crippen LogP contribution in [0.4, 0.5) is 0 Å². The SMILES string of the molecule is N#Cc1ccccc1Oc1cccc(Cl)c1Cl. The molecule has 84 valence electrons. The number of ether oxygens (including phenoxy) is 1. The van der Waals surface area contributed by atoms with Crippen LogP contribution in [0.15, 0.2) is 42.5 Å². The molecule has 0 saturated carbocycles. The van der Waals surface area contributed by atoms with Crippen LogP contribution in [-0.4, -0.2) is 0 Å². The summed E-state index contributed by atoms with van der Waals surface area (Å²) in [6.45, 7) is 0. The lowest BCUT2D eigenvalue weighted by Crippen LogP contribution is -1.88. The van der Waals surface area contributed by atoms with E-state index in [-0.39, 0.29) is 0 Å². The van der Waals surface area contributed by atoms with Gasteiger partial charge >= 0.3 is 0 Å². The predicted octanol–water partition coefficient (Wildman–Crippen LogP) is 4.66. The van der Waals surface area contributed by atoms with Crippen LogP contribution >= 0.6 is 23.2 Å². The fraction of sp³-hybridized carbons (Fsp3) is 0. The number of halogens is 2. The molecular formula is C13H7Cl2NO. The molecule has 0 aliphatic carbocycles. The van der Waals surface area contributed by atoms with Crippen LogP contribution < -0.4 is 4.74 Å². The zero-order chi connectivity index (χ0) is 12.3. The second-order valence-corrected chi connectivity index (χ2v) is 4.05. The van der Waals surface area contributed by atoms with Gasteiger partial charge < -0.3 is 4.74 Å². The summed E-state index contributed by atoms with van der Waals surface area (Å²) >= 11 is 11.9. The number of nitrogens with zero attached hydrogens (tertiary/aromatic N) is 1. The van der Waals surface area contributed by atoms with E-state index in [1.807, 2.05) is 6.07 Å². The van der Waals surface area contributed by atoms with Gasteiger partial charge in [-0.15, -0.1) is 0 Å². The van der Waals surface area contributed by atoms with Gasteiger partial charge in [-0.05, 0) is 24.3 Å². The first-order valence-corrected chi connectivity index (χ1v) is 5.59. The molecule has 4 heteroatoms. The van der Waals surface area contributed by atoms with Crippen molar-refractivity contribution in [1.82, 2.24) is 0 Å². The minimum Gasteiger partial charge on any atom is -0.454 e. The Bertz CT molecular complexity index is 590. The van der Waals surface area contributed by atoms with E-state index in [1.165, 1.54) is 0 Å². The highest BCUT2D eigenvalue weighted by Gasteiger charge is 2.08. The maximum absolute atomic E-state index is 8.93. The van der Waals surface area contributed by atoms with E-state index in [4.69, 9.17) is 33.2 Å². The molecule has 0 aromatic heterocycles. The minimum atomic E-state index is 0.335. The first-order valence-electron chi connectivity index (χ1n) is 4.83. The van der Waals surface area contributed by atoms with Crippen LogP contribution in [0.1, 0.15) is 5.56 Å². The lowest BCUT2D eigenvalue weighted by molar-refractivity contribution is 0.481. The Hall–Kier alpha value is -1.69. The molecule has 17 heavy (non-hydrogen) atoms. The number of benzene rings is 2. The maximum Gasteiger partial charge on any atom is 0.147 e. The summed E-state index contributed by atoms with van der Waals surface area (Å²) in [4.78, 5) is 0. The summed E-state index contributed by atoms with van der Waals surface area (Å²) in [6, 6.07) is 14.1. The Kier molecular flexibility index (Phi) is 3.53. The Morgan fingerprint density at radius 3 is 2.41 bits per heavy atom. The Labute approximate surface area is 109 Å². The van der Waals surface area contributed by atoms with Crippen LogP contribution in [0.3, 0.4) is 0 Å². The van der Waals surface area contributed by atoms with Crippen LogP contribution in [-0.2, 0) is 0 Å². The second-order valence-electron chi connectivity index (χ2n) is 3.26. The molecule has 2 rings (SSSR count). The number of rotatable bonds is 2. The van der Waals surface area contributed by atoms with Gasteiger partial charge in [0.2, 0.25) is 0 Å². The Morgan fingerprint density at radius 1 is 0.941 bits per heavy atom. The third kappa shape index (κ3) is 2.52. The average Bonchev–Trinajstić information content (AvgIpc) is 2.35. The molecule has 0 N–H and O–H groups in total. The number of hydrogen-bond acceptors (Lipinski definition) is 2. The van der Waals surface area contributed by atoms with E-state index in [0.717, 1.165) is 0 Å². The van der Waals surface area contributed by atoms with Crippen molar-refractivity contribution < 1.29 is 4.74 Å². The third-order valence-corrected chi connectivity index (χ3v) is 2.95. The van der Waals surface area contributed by atoms with Gasteiger partial charge in [0.25, 0.3) is 0 Å². The van der Waals surface area contributed by atoms with Crippen molar-refractivity contribution in [3.05, 3.63) is 58.1 Å². The molecule has 0 aliphatic heterocycles. The standard InChI is InChI=1S/C13H7Cl2NO/c14-10-5-3-7-12(13(10)15)17-11-6-2-1-4-9(11)8-16/h1-7H. The average molecular weight is 264 g/mol. The fourth-order valence-corrected chi connectivity index (χ4v) is 1.66. The maximum atomic E-state index is 8.93. The van der Waals surface area contributed by atoms with Gasteiger partial charge in [-0.3, -0.25) is 0 Å². The van der Waals surface area contributed by atoms with E-state index in [2.05, 4.69) is 0 Å². The highest BCUT2D eigenvalue weighted by molar-refractivity contribution is 6.42. The Morgan fingerprint density at radius 2 is 1.65 bits per heavy atom. The van der Waals surface area contributed by atoms with E-state index >= 15 is 0 Å².